The normalized spacial score (nSPS) is 17.5. The Morgan fingerprint density at radius 3 is 2.68 bits per heavy atom. The zero-order chi connectivity index (χ0) is 17.1. The second-order valence-corrected chi connectivity index (χ2v) is 7.11. The number of methoxy groups -OCH3 is 1. The molecule has 2 N–H and O–H groups in total. The van der Waals surface area contributed by atoms with Crippen molar-refractivity contribution in [1.82, 2.24) is 9.97 Å². The van der Waals surface area contributed by atoms with E-state index in [1.165, 1.54) is 49.8 Å². The summed E-state index contributed by atoms with van der Waals surface area (Å²) in [5, 5.41) is 6.99. The van der Waals surface area contributed by atoms with Crippen LogP contribution in [0.4, 0.5) is 11.8 Å². The molecule has 25 heavy (non-hydrogen) atoms. The van der Waals surface area contributed by atoms with Crippen LogP contribution in [0, 0.1) is 0 Å². The minimum Gasteiger partial charge on any atom is -0.497 e. The van der Waals surface area contributed by atoms with Crippen LogP contribution in [0.15, 0.2) is 30.3 Å². The van der Waals surface area contributed by atoms with Gasteiger partial charge in [-0.15, -0.1) is 0 Å². The predicted octanol–water partition coefficient (Wildman–Crippen LogP) is 4.33. The molecule has 0 amide bonds. The van der Waals surface area contributed by atoms with Gasteiger partial charge in [0.25, 0.3) is 0 Å². The summed E-state index contributed by atoms with van der Waals surface area (Å²) in [6.07, 6.45) is 7.56. The van der Waals surface area contributed by atoms with Crippen LogP contribution in [0.1, 0.15) is 55.7 Å². The Labute approximate surface area is 149 Å². The van der Waals surface area contributed by atoms with Gasteiger partial charge in [-0.05, 0) is 43.4 Å². The molecule has 0 spiro atoms. The highest BCUT2D eigenvalue weighted by Crippen LogP contribution is 2.40. The van der Waals surface area contributed by atoms with E-state index in [4.69, 9.17) is 14.7 Å². The monoisotopic (exact) mass is 338 g/mol. The maximum Gasteiger partial charge on any atom is 0.225 e. The van der Waals surface area contributed by atoms with Gasteiger partial charge >= 0.3 is 0 Å². The van der Waals surface area contributed by atoms with Crippen LogP contribution >= 0.6 is 0 Å². The van der Waals surface area contributed by atoms with Gasteiger partial charge in [0.2, 0.25) is 5.95 Å². The molecule has 0 saturated heterocycles. The molecular weight excluding hydrogens is 312 g/mol. The van der Waals surface area contributed by atoms with Gasteiger partial charge in [-0.3, -0.25) is 0 Å². The Hall–Kier alpha value is -2.30. The van der Waals surface area contributed by atoms with Crippen LogP contribution in [-0.2, 0) is 6.54 Å². The van der Waals surface area contributed by atoms with Crippen molar-refractivity contribution < 1.29 is 4.74 Å². The molecule has 0 bridgehead atoms. The lowest BCUT2D eigenvalue weighted by atomic mass is 10.2. The smallest absolute Gasteiger partial charge is 0.225 e. The van der Waals surface area contributed by atoms with Gasteiger partial charge in [0.05, 0.1) is 12.8 Å². The van der Waals surface area contributed by atoms with Crippen molar-refractivity contribution in [2.24, 2.45) is 0 Å². The van der Waals surface area contributed by atoms with Crippen molar-refractivity contribution in [3.8, 4) is 5.75 Å². The molecule has 4 rings (SSSR count). The first-order chi connectivity index (χ1) is 12.3. The van der Waals surface area contributed by atoms with Crippen LogP contribution in [0.3, 0.4) is 0 Å². The summed E-state index contributed by atoms with van der Waals surface area (Å²) >= 11 is 0. The summed E-state index contributed by atoms with van der Waals surface area (Å²) in [7, 11) is 1.69. The maximum atomic E-state index is 5.30. The predicted molar refractivity (Wildman–Crippen MR) is 100 cm³/mol. The highest BCUT2D eigenvalue weighted by molar-refractivity contribution is 5.45. The highest BCUT2D eigenvalue weighted by Gasteiger charge is 2.26. The van der Waals surface area contributed by atoms with Gasteiger partial charge in [0.1, 0.15) is 11.6 Å². The molecule has 2 saturated carbocycles. The average molecular weight is 338 g/mol. The van der Waals surface area contributed by atoms with Crippen LogP contribution < -0.4 is 15.4 Å². The number of aromatic nitrogens is 2. The third-order valence-corrected chi connectivity index (χ3v) is 5.04. The van der Waals surface area contributed by atoms with E-state index in [-0.39, 0.29) is 0 Å². The first-order valence-corrected chi connectivity index (χ1v) is 9.32. The van der Waals surface area contributed by atoms with Crippen molar-refractivity contribution in [3.05, 3.63) is 41.6 Å². The quantitative estimate of drug-likeness (QED) is 0.787. The van der Waals surface area contributed by atoms with Crippen LogP contribution in [0.5, 0.6) is 5.75 Å². The third kappa shape index (κ3) is 4.21. The molecule has 2 aliphatic carbocycles. The summed E-state index contributed by atoms with van der Waals surface area (Å²) in [6.45, 7) is 0.723. The van der Waals surface area contributed by atoms with E-state index in [0.29, 0.717) is 12.0 Å². The van der Waals surface area contributed by atoms with Gasteiger partial charge < -0.3 is 15.4 Å². The molecule has 5 heteroatoms. The van der Waals surface area contributed by atoms with Crippen molar-refractivity contribution in [2.75, 3.05) is 17.7 Å². The van der Waals surface area contributed by atoms with Gasteiger partial charge in [-0.2, -0.15) is 4.98 Å². The minimum absolute atomic E-state index is 0.528. The molecule has 132 valence electrons. The molecule has 0 aliphatic heterocycles. The number of nitrogens with zero attached hydrogens (tertiary/aromatic N) is 2. The van der Waals surface area contributed by atoms with Crippen molar-refractivity contribution in [1.29, 1.82) is 0 Å². The van der Waals surface area contributed by atoms with Crippen molar-refractivity contribution >= 4 is 11.8 Å². The second kappa shape index (κ2) is 7.30. The third-order valence-electron chi connectivity index (χ3n) is 5.04. The molecular formula is C20H26N4O. The van der Waals surface area contributed by atoms with E-state index in [2.05, 4.69) is 22.8 Å². The summed E-state index contributed by atoms with van der Waals surface area (Å²) in [5.74, 6) is 3.18. The van der Waals surface area contributed by atoms with E-state index in [1.807, 2.05) is 18.2 Å². The van der Waals surface area contributed by atoms with Gasteiger partial charge in [0.15, 0.2) is 0 Å². The largest absolute Gasteiger partial charge is 0.497 e. The Morgan fingerprint density at radius 1 is 1.08 bits per heavy atom. The lowest BCUT2D eigenvalue weighted by molar-refractivity contribution is 0.414. The zero-order valence-corrected chi connectivity index (χ0v) is 14.8. The van der Waals surface area contributed by atoms with Crippen LogP contribution in [-0.4, -0.2) is 23.1 Å². The fourth-order valence-corrected chi connectivity index (χ4v) is 3.44. The molecule has 2 aromatic rings. The molecule has 0 atom stereocenters. The van der Waals surface area contributed by atoms with E-state index in [9.17, 15) is 0 Å². The Bertz CT molecular complexity index is 723. The topological polar surface area (TPSA) is 59.1 Å². The second-order valence-electron chi connectivity index (χ2n) is 7.11. The van der Waals surface area contributed by atoms with Crippen LogP contribution in [0.25, 0.3) is 0 Å². The number of hydrogen-bond donors (Lipinski definition) is 2. The van der Waals surface area contributed by atoms with E-state index < -0.39 is 0 Å². The first kappa shape index (κ1) is 16.2. The zero-order valence-electron chi connectivity index (χ0n) is 14.8. The number of nitrogens with one attached hydrogen (secondary N) is 2. The SMILES string of the molecule is COc1cccc(CNc2cc(C3CC3)nc(NC3CCCC3)n2)c1. The molecule has 2 aliphatic rings. The van der Waals surface area contributed by atoms with Crippen LogP contribution in [0.2, 0.25) is 0 Å². The summed E-state index contributed by atoms with van der Waals surface area (Å²) < 4.78 is 5.30. The Balaban J connectivity index is 1.48. The molecule has 0 radical (unpaired) electrons. The molecule has 1 heterocycles. The number of ether oxygens (including phenoxy) is 1. The summed E-state index contributed by atoms with van der Waals surface area (Å²) in [6, 6.07) is 10.8. The lowest BCUT2D eigenvalue weighted by Gasteiger charge is -2.15. The van der Waals surface area contributed by atoms with E-state index in [1.54, 1.807) is 7.11 Å². The van der Waals surface area contributed by atoms with Crippen molar-refractivity contribution in [2.45, 2.75) is 57.0 Å². The molecule has 5 nitrogen and oxygen atoms in total. The number of rotatable bonds is 7. The molecule has 1 aromatic carbocycles. The van der Waals surface area contributed by atoms with Gasteiger partial charge in [-0.25, -0.2) is 4.98 Å². The lowest BCUT2D eigenvalue weighted by Crippen LogP contribution is -2.17. The average Bonchev–Trinajstić information content (AvgIpc) is 3.38. The standard InChI is InChI=1S/C20H26N4O/c1-25-17-8-4-5-14(11-17)13-21-19-12-18(15-9-10-15)23-20(24-19)22-16-6-2-3-7-16/h4-5,8,11-12,15-16H,2-3,6-7,9-10,13H2,1H3,(H2,21,22,23,24). The Morgan fingerprint density at radius 2 is 1.92 bits per heavy atom. The minimum atomic E-state index is 0.528. The molecule has 2 fully saturated rings. The molecule has 1 aromatic heterocycles. The van der Waals surface area contributed by atoms with Crippen molar-refractivity contribution in [3.63, 3.8) is 0 Å². The number of hydrogen-bond acceptors (Lipinski definition) is 5. The van der Waals surface area contributed by atoms with E-state index in [0.717, 1.165) is 24.1 Å². The molecule has 0 unspecified atom stereocenters. The number of benzene rings is 1. The Kier molecular flexibility index (Phi) is 4.72. The maximum absolute atomic E-state index is 5.30. The van der Waals surface area contributed by atoms with E-state index >= 15 is 0 Å². The summed E-state index contributed by atoms with van der Waals surface area (Å²) in [5.41, 5.74) is 2.35. The van der Waals surface area contributed by atoms with Gasteiger partial charge in [0, 0.05) is 24.6 Å². The first-order valence-electron chi connectivity index (χ1n) is 9.32. The summed E-state index contributed by atoms with van der Waals surface area (Å²) in [4.78, 5) is 9.46. The highest BCUT2D eigenvalue weighted by atomic mass is 16.5. The fraction of sp³-hybridized carbons (Fsp3) is 0.500. The number of anilines is 2. The fourth-order valence-electron chi connectivity index (χ4n) is 3.44. The van der Waals surface area contributed by atoms with Gasteiger partial charge in [-0.1, -0.05) is 25.0 Å².